The summed E-state index contributed by atoms with van der Waals surface area (Å²) in [5, 5.41) is 16.2. The molecule has 1 aromatic heterocycles. The number of carbonyl (C=O) groups is 1. The Bertz CT molecular complexity index is 1150. The highest BCUT2D eigenvalue weighted by molar-refractivity contribution is 7.89. The molecule has 0 spiro atoms. The number of hydrogen-bond acceptors (Lipinski definition) is 6. The van der Waals surface area contributed by atoms with Gasteiger partial charge in [-0.3, -0.25) is 0 Å². The van der Waals surface area contributed by atoms with E-state index in [2.05, 4.69) is 4.98 Å². The first-order valence-electron chi connectivity index (χ1n) is 11.4. The fourth-order valence-electron chi connectivity index (χ4n) is 4.95. The Morgan fingerprint density at radius 1 is 1.18 bits per heavy atom. The van der Waals surface area contributed by atoms with Crippen molar-refractivity contribution in [3.05, 3.63) is 47.4 Å². The lowest BCUT2D eigenvalue weighted by Gasteiger charge is -2.38. The number of sulfonamides is 1. The molecular weight excluding hydrogens is 442 g/mol. The van der Waals surface area contributed by atoms with Crippen LogP contribution in [0.3, 0.4) is 0 Å². The first-order valence-corrected chi connectivity index (χ1v) is 12.9. The summed E-state index contributed by atoms with van der Waals surface area (Å²) in [5.41, 5.74) is 1.02. The number of nitrogens with zero attached hydrogens (tertiary/aromatic N) is 2. The molecule has 1 aliphatic heterocycles. The summed E-state index contributed by atoms with van der Waals surface area (Å²) < 4.78 is 31.8. The van der Waals surface area contributed by atoms with Gasteiger partial charge >= 0.3 is 5.97 Å². The summed E-state index contributed by atoms with van der Waals surface area (Å²) in [6.45, 7) is 5.91. The number of esters is 1. The van der Waals surface area contributed by atoms with E-state index in [0.717, 1.165) is 12.8 Å². The number of hydrogen-bond donors (Lipinski definition) is 2. The average molecular weight is 476 g/mol. The SMILES string of the molecule is CCCC1(CCC)CC(O)=C(C(CC)c2c(-c3ccccc3)nc(S(N)(=O)=O)n2C)C(=O)O1. The number of cyclic esters (lactones) is 1. The minimum Gasteiger partial charge on any atom is -0.512 e. The smallest absolute Gasteiger partial charge is 0.338 e. The Morgan fingerprint density at radius 2 is 1.79 bits per heavy atom. The van der Waals surface area contributed by atoms with Crippen LogP contribution in [0, 0.1) is 0 Å². The zero-order chi connectivity index (χ0) is 24.4. The van der Waals surface area contributed by atoms with E-state index in [4.69, 9.17) is 9.88 Å². The highest BCUT2D eigenvalue weighted by Crippen LogP contribution is 2.44. The molecule has 2 aromatic rings. The molecule has 0 radical (unpaired) electrons. The predicted molar refractivity (Wildman–Crippen MR) is 126 cm³/mol. The molecule has 3 rings (SSSR count). The zero-order valence-electron chi connectivity index (χ0n) is 19.7. The van der Waals surface area contributed by atoms with Crippen molar-refractivity contribution in [1.82, 2.24) is 9.55 Å². The van der Waals surface area contributed by atoms with Gasteiger partial charge in [0.15, 0.2) is 0 Å². The standard InChI is InChI=1S/C24H33N3O5S/c1-5-13-24(14-6-2)15-18(28)19(22(29)32-24)17(7-3)21-20(16-11-9-8-10-12-16)26-23(27(21)4)33(25,30)31/h8-12,17,28H,5-7,13-15H2,1-4H3,(H2,25,30,31). The van der Waals surface area contributed by atoms with Gasteiger partial charge in [0.2, 0.25) is 5.16 Å². The highest BCUT2D eigenvalue weighted by atomic mass is 32.2. The van der Waals surface area contributed by atoms with E-state index in [1.165, 1.54) is 4.57 Å². The second-order valence-electron chi connectivity index (χ2n) is 8.67. The van der Waals surface area contributed by atoms with Crippen LogP contribution in [0.2, 0.25) is 0 Å². The van der Waals surface area contributed by atoms with Gasteiger partial charge in [-0.1, -0.05) is 63.9 Å². The average Bonchev–Trinajstić information content (AvgIpc) is 3.09. The zero-order valence-corrected chi connectivity index (χ0v) is 20.5. The largest absolute Gasteiger partial charge is 0.512 e. The Labute approximate surface area is 195 Å². The fraction of sp³-hybridized carbons (Fsp3) is 0.500. The number of imidazole rings is 1. The van der Waals surface area contributed by atoms with E-state index in [-0.39, 0.29) is 22.9 Å². The minimum absolute atomic E-state index is 0.00244. The summed E-state index contributed by atoms with van der Waals surface area (Å²) >= 11 is 0. The molecule has 180 valence electrons. The number of benzene rings is 1. The Hall–Kier alpha value is -2.65. The van der Waals surface area contributed by atoms with E-state index in [1.807, 2.05) is 51.1 Å². The van der Waals surface area contributed by atoms with Crippen LogP contribution in [-0.4, -0.2) is 34.6 Å². The number of aromatic nitrogens is 2. The third kappa shape index (κ3) is 4.84. The van der Waals surface area contributed by atoms with Crippen LogP contribution in [0.25, 0.3) is 11.3 Å². The molecule has 0 saturated heterocycles. The molecule has 2 heterocycles. The summed E-state index contributed by atoms with van der Waals surface area (Å²) in [4.78, 5) is 17.6. The van der Waals surface area contributed by atoms with Crippen molar-refractivity contribution in [2.75, 3.05) is 0 Å². The van der Waals surface area contributed by atoms with E-state index in [1.54, 1.807) is 7.05 Å². The lowest BCUT2D eigenvalue weighted by Crippen LogP contribution is -2.41. The van der Waals surface area contributed by atoms with Crippen molar-refractivity contribution in [2.45, 2.75) is 76.0 Å². The first kappa shape index (κ1) is 25.0. The molecule has 8 nitrogen and oxygen atoms in total. The molecule has 3 N–H and O–H groups in total. The third-order valence-electron chi connectivity index (χ3n) is 6.23. The fourth-order valence-corrected chi connectivity index (χ4v) is 5.65. The van der Waals surface area contributed by atoms with Crippen molar-refractivity contribution in [1.29, 1.82) is 0 Å². The normalized spacial score (nSPS) is 17.2. The van der Waals surface area contributed by atoms with Gasteiger partial charge in [0.1, 0.15) is 11.4 Å². The molecule has 0 aliphatic carbocycles. The maximum absolute atomic E-state index is 13.3. The maximum Gasteiger partial charge on any atom is 0.338 e. The minimum atomic E-state index is -4.12. The monoisotopic (exact) mass is 475 g/mol. The van der Waals surface area contributed by atoms with Crippen LogP contribution in [0.4, 0.5) is 0 Å². The van der Waals surface area contributed by atoms with Crippen LogP contribution < -0.4 is 5.14 Å². The van der Waals surface area contributed by atoms with Gasteiger partial charge in [0.25, 0.3) is 10.0 Å². The van der Waals surface area contributed by atoms with E-state index in [9.17, 15) is 18.3 Å². The predicted octanol–water partition coefficient (Wildman–Crippen LogP) is 4.33. The van der Waals surface area contributed by atoms with Crippen LogP contribution in [-0.2, 0) is 26.6 Å². The van der Waals surface area contributed by atoms with Gasteiger partial charge < -0.3 is 14.4 Å². The van der Waals surface area contributed by atoms with Gasteiger partial charge in [-0.2, -0.15) is 0 Å². The summed E-state index contributed by atoms with van der Waals surface area (Å²) in [6, 6.07) is 9.11. The van der Waals surface area contributed by atoms with Crippen LogP contribution in [0.5, 0.6) is 0 Å². The van der Waals surface area contributed by atoms with E-state index in [0.29, 0.717) is 36.2 Å². The van der Waals surface area contributed by atoms with Crippen molar-refractivity contribution in [3.8, 4) is 11.3 Å². The van der Waals surface area contributed by atoms with Gasteiger partial charge in [0.05, 0.1) is 17.0 Å². The molecule has 1 atom stereocenters. The van der Waals surface area contributed by atoms with Gasteiger partial charge in [-0.15, -0.1) is 0 Å². The van der Waals surface area contributed by atoms with Crippen molar-refractivity contribution in [2.24, 2.45) is 12.2 Å². The van der Waals surface area contributed by atoms with Crippen LogP contribution >= 0.6 is 0 Å². The molecule has 0 bridgehead atoms. The first-order chi connectivity index (χ1) is 15.6. The summed E-state index contributed by atoms with van der Waals surface area (Å²) in [7, 11) is -2.56. The molecule has 1 aliphatic rings. The highest BCUT2D eigenvalue weighted by Gasteiger charge is 2.44. The van der Waals surface area contributed by atoms with E-state index >= 15 is 0 Å². The summed E-state index contributed by atoms with van der Waals surface area (Å²) in [6.07, 6.45) is 3.64. The molecule has 9 heteroatoms. The van der Waals surface area contributed by atoms with Gasteiger partial charge in [-0.05, 0) is 19.3 Å². The molecule has 0 amide bonds. The molecule has 0 saturated carbocycles. The second kappa shape index (κ2) is 9.69. The maximum atomic E-state index is 13.3. The van der Waals surface area contributed by atoms with Crippen LogP contribution in [0.1, 0.15) is 70.9 Å². The van der Waals surface area contributed by atoms with Gasteiger partial charge in [0, 0.05) is 24.9 Å². The second-order valence-corrected chi connectivity index (χ2v) is 10.1. The Morgan fingerprint density at radius 3 is 2.27 bits per heavy atom. The number of carbonyl (C=O) groups excluding carboxylic acids is 1. The molecule has 0 fully saturated rings. The number of rotatable bonds is 9. The number of nitrogens with two attached hydrogens (primary N) is 1. The van der Waals surface area contributed by atoms with Crippen LogP contribution in [0.15, 0.2) is 46.8 Å². The topological polar surface area (TPSA) is 125 Å². The van der Waals surface area contributed by atoms with Gasteiger partial charge in [-0.25, -0.2) is 23.3 Å². The Balaban J connectivity index is 2.21. The number of primary sulfonamides is 1. The lowest BCUT2D eigenvalue weighted by molar-refractivity contribution is -0.161. The molecular formula is C24H33N3O5S. The van der Waals surface area contributed by atoms with Crippen molar-refractivity contribution < 1.29 is 23.1 Å². The quantitative estimate of drug-likeness (QED) is 0.520. The number of aliphatic hydroxyl groups excluding tert-OH is 1. The summed E-state index contributed by atoms with van der Waals surface area (Å²) in [5.74, 6) is -1.19. The third-order valence-corrected chi connectivity index (χ3v) is 7.10. The van der Waals surface area contributed by atoms with Crippen molar-refractivity contribution >= 4 is 16.0 Å². The lowest BCUT2D eigenvalue weighted by atomic mass is 9.81. The number of aliphatic hydroxyl groups is 1. The number of ether oxygens (including phenoxy) is 1. The molecule has 33 heavy (non-hydrogen) atoms. The molecule has 1 aromatic carbocycles. The Kier molecular flexibility index (Phi) is 7.33. The molecule has 1 unspecified atom stereocenters. The van der Waals surface area contributed by atoms with E-state index < -0.39 is 27.5 Å². The van der Waals surface area contributed by atoms with Crippen molar-refractivity contribution in [3.63, 3.8) is 0 Å².